The largest absolute Gasteiger partial charge is 0.507 e. The lowest BCUT2D eigenvalue weighted by atomic mass is 10.2. The fourth-order valence-electron chi connectivity index (χ4n) is 0.848. The molecule has 13 heavy (non-hydrogen) atoms. The molecule has 0 aromatic heterocycles. The molecule has 4 heteroatoms. The van der Waals surface area contributed by atoms with Crippen molar-refractivity contribution in [3.63, 3.8) is 0 Å². The van der Waals surface area contributed by atoms with E-state index in [1.807, 2.05) is 0 Å². The molecular formula is C9H7ClOS2. The summed E-state index contributed by atoms with van der Waals surface area (Å²) in [5.74, 6) is 0.0718. The van der Waals surface area contributed by atoms with Gasteiger partial charge in [-0.1, -0.05) is 36.0 Å². The van der Waals surface area contributed by atoms with E-state index in [0.29, 0.717) is 14.8 Å². The van der Waals surface area contributed by atoms with Crippen molar-refractivity contribution in [2.75, 3.05) is 0 Å². The van der Waals surface area contributed by atoms with Gasteiger partial charge in [-0.15, -0.1) is 12.6 Å². The van der Waals surface area contributed by atoms with E-state index in [4.69, 9.17) is 23.8 Å². The van der Waals surface area contributed by atoms with Gasteiger partial charge in [0.25, 0.3) is 0 Å². The van der Waals surface area contributed by atoms with Gasteiger partial charge in [0.2, 0.25) is 0 Å². The van der Waals surface area contributed by atoms with E-state index < -0.39 is 0 Å². The van der Waals surface area contributed by atoms with Crippen molar-refractivity contribution in [1.82, 2.24) is 0 Å². The van der Waals surface area contributed by atoms with Crippen LogP contribution in [0.5, 0.6) is 0 Å². The molecule has 68 valence electrons. The van der Waals surface area contributed by atoms with Crippen LogP contribution in [0.4, 0.5) is 0 Å². The van der Waals surface area contributed by atoms with Crippen LogP contribution < -0.4 is 0 Å². The first kappa shape index (κ1) is 10.6. The minimum Gasteiger partial charge on any atom is -0.507 e. The van der Waals surface area contributed by atoms with Crippen molar-refractivity contribution in [2.24, 2.45) is 0 Å². The molecule has 0 spiro atoms. The molecular weight excluding hydrogens is 224 g/mol. The SMILES string of the molecule is O/C(=C/C(=S)S)c1cccc(Cl)c1. The Kier molecular flexibility index (Phi) is 3.78. The Morgan fingerprint density at radius 2 is 2.23 bits per heavy atom. The molecule has 0 unspecified atom stereocenters. The van der Waals surface area contributed by atoms with Crippen LogP contribution in [0.2, 0.25) is 5.02 Å². The molecule has 0 radical (unpaired) electrons. The zero-order chi connectivity index (χ0) is 9.84. The van der Waals surface area contributed by atoms with E-state index in [1.54, 1.807) is 24.3 Å². The maximum atomic E-state index is 9.48. The van der Waals surface area contributed by atoms with Gasteiger partial charge in [0.15, 0.2) is 0 Å². The summed E-state index contributed by atoms with van der Waals surface area (Å²) >= 11 is 14.3. The lowest BCUT2D eigenvalue weighted by molar-refractivity contribution is 0.512. The van der Waals surface area contributed by atoms with Gasteiger partial charge in [-0.2, -0.15) is 0 Å². The van der Waals surface area contributed by atoms with Gasteiger partial charge < -0.3 is 5.11 Å². The molecule has 0 aliphatic heterocycles. The summed E-state index contributed by atoms with van der Waals surface area (Å²) in [4.78, 5) is 0. The van der Waals surface area contributed by atoms with Gasteiger partial charge >= 0.3 is 0 Å². The number of aliphatic hydroxyl groups excluding tert-OH is 1. The van der Waals surface area contributed by atoms with Crippen molar-refractivity contribution < 1.29 is 5.11 Å². The van der Waals surface area contributed by atoms with Gasteiger partial charge in [-0.05, 0) is 12.1 Å². The van der Waals surface area contributed by atoms with E-state index >= 15 is 0 Å². The number of hydrogen-bond acceptors (Lipinski definition) is 2. The van der Waals surface area contributed by atoms with Crippen LogP contribution in [0.15, 0.2) is 30.3 Å². The smallest absolute Gasteiger partial charge is 0.124 e. The van der Waals surface area contributed by atoms with Crippen molar-refractivity contribution in [3.8, 4) is 0 Å². The van der Waals surface area contributed by atoms with Crippen molar-refractivity contribution >= 4 is 46.4 Å². The highest BCUT2D eigenvalue weighted by Gasteiger charge is 1.99. The highest BCUT2D eigenvalue weighted by molar-refractivity contribution is 8.11. The quantitative estimate of drug-likeness (QED) is 0.351. The summed E-state index contributed by atoms with van der Waals surface area (Å²) in [6.07, 6.45) is 1.39. The third-order valence-electron chi connectivity index (χ3n) is 1.38. The normalized spacial score (nSPS) is 11.4. The molecule has 0 saturated heterocycles. The average Bonchev–Trinajstić information content (AvgIpc) is 2.03. The summed E-state index contributed by atoms with van der Waals surface area (Å²) in [5.41, 5.74) is 0.629. The van der Waals surface area contributed by atoms with E-state index in [2.05, 4.69) is 12.6 Å². The number of hydrogen-bond donors (Lipinski definition) is 2. The Labute approximate surface area is 92.4 Å². The number of thiocarbonyl (C=S) groups is 1. The fourth-order valence-corrected chi connectivity index (χ4v) is 1.27. The van der Waals surface area contributed by atoms with Gasteiger partial charge in [-0.3, -0.25) is 0 Å². The van der Waals surface area contributed by atoms with Gasteiger partial charge in [0.1, 0.15) is 5.76 Å². The number of benzene rings is 1. The molecule has 0 saturated carbocycles. The predicted molar refractivity (Wildman–Crippen MR) is 63.6 cm³/mol. The summed E-state index contributed by atoms with van der Waals surface area (Å²) in [5, 5.41) is 10.1. The monoisotopic (exact) mass is 230 g/mol. The summed E-state index contributed by atoms with van der Waals surface area (Å²) in [7, 11) is 0. The Morgan fingerprint density at radius 1 is 1.54 bits per heavy atom. The number of aliphatic hydroxyl groups is 1. The minimum absolute atomic E-state index is 0.0718. The second-order valence-electron chi connectivity index (χ2n) is 2.38. The van der Waals surface area contributed by atoms with Gasteiger partial charge in [-0.25, -0.2) is 0 Å². The van der Waals surface area contributed by atoms with E-state index in [9.17, 15) is 5.11 Å². The van der Waals surface area contributed by atoms with Crippen LogP contribution in [-0.2, 0) is 0 Å². The van der Waals surface area contributed by atoms with Crippen molar-refractivity contribution in [2.45, 2.75) is 0 Å². The Hall–Kier alpha value is -0.510. The third kappa shape index (κ3) is 3.38. The second-order valence-corrected chi connectivity index (χ2v) is 4.04. The molecule has 0 atom stereocenters. The highest BCUT2D eigenvalue weighted by Crippen LogP contribution is 2.16. The molecule has 0 fully saturated rings. The maximum absolute atomic E-state index is 9.48. The first-order valence-corrected chi connectivity index (χ1v) is 4.72. The summed E-state index contributed by atoms with van der Waals surface area (Å²) < 4.78 is 0.331. The van der Waals surface area contributed by atoms with Crippen LogP contribution in [0.1, 0.15) is 5.56 Å². The van der Waals surface area contributed by atoms with Crippen LogP contribution in [-0.4, -0.2) is 9.30 Å². The summed E-state index contributed by atoms with van der Waals surface area (Å²) in [6, 6.07) is 6.88. The summed E-state index contributed by atoms with van der Waals surface area (Å²) in [6.45, 7) is 0. The van der Waals surface area contributed by atoms with Crippen LogP contribution in [0.3, 0.4) is 0 Å². The Morgan fingerprint density at radius 3 is 2.77 bits per heavy atom. The van der Waals surface area contributed by atoms with Gasteiger partial charge in [0.05, 0.1) is 4.20 Å². The molecule has 1 N–H and O–H groups in total. The third-order valence-corrected chi connectivity index (χ3v) is 1.86. The van der Waals surface area contributed by atoms with E-state index in [1.165, 1.54) is 6.08 Å². The molecule has 0 bridgehead atoms. The minimum atomic E-state index is 0.0718. The highest BCUT2D eigenvalue weighted by atomic mass is 35.5. The zero-order valence-corrected chi connectivity index (χ0v) is 9.03. The van der Waals surface area contributed by atoms with E-state index in [-0.39, 0.29) is 5.76 Å². The maximum Gasteiger partial charge on any atom is 0.124 e. The molecule has 0 amide bonds. The molecule has 1 aromatic carbocycles. The molecule has 1 aromatic rings. The molecule has 0 aliphatic carbocycles. The van der Waals surface area contributed by atoms with Crippen LogP contribution in [0, 0.1) is 0 Å². The second kappa shape index (κ2) is 4.65. The number of halogens is 1. The zero-order valence-electron chi connectivity index (χ0n) is 6.57. The molecule has 0 heterocycles. The average molecular weight is 231 g/mol. The number of rotatable bonds is 2. The molecule has 0 aliphatic rings. The number of thiol groups is 1. The van der Waals surface area contributed by atoms with Crippen molar-refractivity contribution in [3.05, 3.63) is 40.9 Å². The molecule has 1 nitrogen and oxygen atoms in total. The fraction of sp³-hybridized carbons (Fsp3) is 0. The van der Waals surface area contributed by atoms with E-state index in [0.717, 1.165) is 0 Å². The molecule has 1 rings (SSSR count). The topological polar surface area (TPSA) is 20.2 Å². The first-order chi connectivity index (χ1) is 6.09. The van der Waals surface area contributed by atoms with Crippen molar-refractivity contribution in [1.29, 1.82) is 0 Å². The first-order valence-electron chi connectivity index (χ1n) is 3.49. The van der Waals surface area contributed by atoms with Crippen LogP contribution in [0.25, 0.3) is 5.76 Å². The Bertz CT molecular complexity index is 360. The predicted octanol–water partition coefficient (Wildman–Crippen LogP) is 3.50. The van der Waals surface area contributed by atoms with Crippen LogP contribution >= 0.6 is 36.4 Å². The lowest BCUT2D eigenvalue weighted by Crippen LogP contribution is -1.84. The lowest BCUT2D eigenvalue weighted by Gasteiger charge is -1.99. The standard InChI is InChI=1S/C9H7ClOS2/c10-7-3-1-2-6(4-7)8(11)5-9(12)13/h1-5,11H,(H,12,13)/b8-5+. The van der Waals surface area contributed by atoms with Gasteiger partial charge in [0, 0.05) is 16.7 Å². The Balaban J connectivity index is 3.02.